The highest BCUT2D eigenvalue weighted by Crippen LogP contribution is 2.20. The number of nitrogen functional groups attached to an aromatic ring is 1. The minimum atomic E-state index is -3.33. The summed E-state index contributed by atoms with van der Waals surface area (Å²) in [5.74, 6) is -1.30. The van der Waals surface area contributed by atoms with E-state index in [1.165, 1.54) is 37.3 Å². The molecule has 0 aliphatic heterocycles. The van der Waals surface area contributed by atoms with Gasteiger partial charge in [-0.15, -0.1) is 0 Å². The van der Waals surface area contributed by atoms with E-state index in [1.54, 1.807) is 0 Å². The Morgan fingerprint density at radius 1 is 1.00 bits per heavy atom. The van der Waals surface area contributed by atoms with E-state index in [2.05, 4.69) is 22.3 Å². The third-order valence-corrected chi connectivity index (χ3v) is 5.60. The quantitative estimate of drug-likeness (QED) is 0.352. The lowest BCUT2D eigenvalue weighted by Crippen LogP contribution is -2.14. The lowest BCUT2D eigenvalue weighted by Gasteiger charge is -2.05. The maximum atomic E-state index is 12.7. The van der Waals surface area contributed by atoms with Gasteiger partial charge in [0.2, 0.25) is 10.0 Å². The molecule has 162 valence electrons. The fourth-order valence-corrected chi connectivity index (χ4v) is 2.32. The number of nitrogens with two attached hydrogens (primary N) is 1. The second-order valence-electron chi connectivity index (χ2n) is 5.05. The molecule has 0 amide bonds. The van der Waals surface area contributed by atoms with E-state index in [4.69, 9.17) is 28.9 Å². The second-order valence-corrected chi connectivity index (χ2v) is 10.8. The number of sulfonamides is 1. The van der Waals surface area contributed by atoms with Gasteiger partial charge in [-0.25, -0.2) is 25.6 Å². The van der Waals surface area contributed by atoms with Crippen molar-refractivity contribution in [3.63, 3.8) is 0 Å². The smallest absolute Gasteiger partial charge is 0.273 e. The monoisotopic (exact) mass is 509 g/mol. The van der Waals surface area contributed by atoms with Gasteiger partial charge < -0.3 is 5.73 Å². The summed E-state index contributed by atoms with van der Waals surface area (Å²) in [7, 11) is -2.01. The fraction of sp³-hybridized carbons (Fsp3) is 0.188. The van der Waals surface area contributed by atoms with Crippen LogP contribution in [0, 0.1) is 18.6 Å². The molecule has 0 aliphatic carbocycles. The Morgan fingerprint density at radius 2 is 1.45 bits per heavy atom. The zero-order valence-corrected chi connectivity index (χ0v) is 18.9. The molecule has 0 aliphatic rings. The van der Waals surface area contributed by atoms with Crippen molar-refractivity contribution >= 4 is 64.3 Å². The van der Waals surface area contributed by atoms with Crippen molar-refractivity contribution in [2.24, 2.45) is 0 Å². The van der Waals surface area contributed by atoms with Crippen LogP contribution in [0.25, 0.3) is 0 Å². The highest BCUT2D eigenvalue weighted by molar-refractivity contribution is 8.13. The third kappa shape index (κ3) is 12.7. The lowest BCUT2D eigenvalue weighted by atomic mass is 10.3. The Kier molecular flexibility index (Phi) is 11.7. The van der Waals surface area contributed by atoms with Gasteiger partial charge in [0, 0.05) is 16.4 Å². The van der Waals surface area contributed by atoms with E-state index in [1.807, 2.05) is 0 Å². The van der Waals surface area contributed by atoms with Crippen molar-refractivity contribution in [2.45, 2.75) is 6.92 Å². The van der Waals surface area contributed by atoms with Crippen molar-refractivity contribution in [1.82, 2.24) is 0 Å². The number of anilines is 2. The van der Waals surface area contributed by atoms with Crippen LogP contribution in [0.5, 0.6) is 0 Å². The summed E-state index contributed by atoms with van der Waals surface area (Å²) in [5, 5.41) is -0.0451. The van der Waals surface area contributed by atoms with E-state index in [-0.39, 0.29) is 27.2 Å². The molecule has 0 radical (unpaired) electrons. The molecule has 3 N–H and O–H groups in total. The van der Waals surface area contributed by atoms with Gasteiger partial charge in [0.05, 0.1) is 28.4 Å². The molecule has 0 atom stereocenters. The predicted molar refractivity (Wildman–Crippen MR) is 115 cm³/mol. The van der Waals surface area contributed by atoms with E-state index >= 15 is 0 Å². The Bertz CT molecular complexity index is 1020. The van der Waals surface area contributed by atoms with Crippen LogP contribution in [-0.4, -0.2) is 28.3 Å². The summed E-state index contributed by atoms with van der Waals surface area (Å²) < 4.78 is 68.9. The minimum absolute atomic E-state index is 0.0397. The van der Waals surface area contributed by atoms with Crippen LogP contribution in [0.4, 0.5) is 20.2 Å². The first-order chi connectivity index (χ1) is 13.2. The first-order valence-corrected chi connectivity index (χ1v) is 12.5. The van der Waals surface area contributed by atoms with Gasteiger partial charge >= 0.3 is 0 Å². The van der Waals surface area contributed by atoms with Crippen LogP contribution in [0.2, 0.25) is 10.0 Å². The maximum absolute atomic E-state index is 12.7. The Labute approximate surface area is 183 Å². The van der Waals surface area contributed by atoms with E-state index in [0.717, 1.165) is 6.07 Å². The molecule has 29 heavy (non-hydrogen) atoms. The average Bonchev–Trinajstić information content (AvgIpc) is 2.62. The first kappa shape index (κ1) is 27.5. The standard InChI is InChI=1S/C8H9ClFNO2S.C6H5ClFN.C2H4ClO2S/c1-2-14(12,13)11-6-3-4-8(10)7(9)5-6;7-5-3-4(9)1-2-6(5)8;1-2-6(3,4)5/h3-5,11H,2H2,1H3;1-3H,9H2;1-2H2/q;;+1. The van der Waals surface area contributed by atoms with Gasteiger partial charge in [-0.3, -0.25) is 4.72 Å². The lowest BCUT2D eigenvalue weighted by molar-refractivity contribution is 0.602. The molecule has 0 heterocycles. The molecule has 0 unspecified atom stereocenters. The van der Waals surface area contributed by atoms with Crippen LogP contribution < -0.4 is 10.5 Å². The van der Waals surface area contributed by atoms with Crippen LogP contribution in [0.1, 0.15) is 6.92 Å². The van der Waals surface area contributed by atoms with Gasteiger partial charge in [0.25, 0.3) is 9.05 Å². The zero-order chi connectivity index (χ0) is 22.8. The summed E-state index contributed by atoms with van der Waals surface area (Å²) in [6.07, 6.45) is 0. The van der Waals surface area contributed by atoms with Crippen molar-refractivity contribution in [1.29, 1.82) is 0 Å². The van der Waals surface area contributed by atoms with E-state index < -0.39 is 30.7 Å². The molecule has 0 aromatic heterocycles. The first-order valence-electron chi connectivity index (χ1n) is 7.58. The van der Waals surface area contributed by atoms with Gasteiger partial charge in [-0.1, -0.05) is 23.2 Å². The topological polar surface area (TPSA) is 106 Å². The highest BCUT2D eigenvalue weighted by atomic mass is 35.7. The Morgan fingerprint density at radius 3 is 1.79 bits per heavy atom. The molecule has 6 nitrogen and oxygen atoms in total. The molecule has 0 saturated heterocycles. The van der Waals surface area contributed by atoms with Crippen LogP contribution in [-0.2, 0) is 19.1 Å². The van der Waals surface area contributed by atoms with Crippen molar-refractivity contribution in [2.75, 3.05) is 22.0 Å². The molecule has 0 fully saturated rings. The molecule has 0 saturated carbocycles. The van der Waals surface area contributed by atoms with Gasteiger partial charge in [0.15, 0.2) is 5.75 Å². The maximum Gasteiger partial charge on any atom is 0.273 e. The second kappa shape index (κ2) is 12.3. The highest BCUT2D eigenvalue weighted by Gasteiger charge is 2.08. The fourth-order valence-electron chi connectivity index (χ4n) is 1.32. The summed E-state index contributed by atoms with van der Waals surface area (Å²) in [5.41, 5.74) is 6.01. The molecular formula is C16H18Cl3F2N2O4S2+. The van der Waals surface area contributed by atoms with Crippen LogP contribution in [0.15, 0.2) is 36.4 Å². The van der Waals surface area contributed by atoms with E-state index in [0.29, 0.717) is 5.69 Å². The zero-order valence-electron chi connectivity index (χ0n) is 15.0. The molecule has 2 aromatic rings. The third-order valence-electron chi connectivity index (χ3n) is 2.76. The van der Waals surface area contributed by atoms with Crippen molar-refractivity contribution in [3.8, 4) is 0 Å². The van der Waals surface area contributed by atoms with E-state index in [9.17, 15) is 25.6 Å². The molecule has 0 bridgehead atoms. The van der Waals surface area contributed by atoms with Crippen LogP contribution >= 0.6 is 33.9 Å². The summed E-state index contributed by atoms with van der Waals surface area (Å²) in [4.78, 5) is 0. The number of hydrogen-bond acceptors (Lipinski definition) is 5. The number of hydrogen-bond donors (Lipinski definition) is 2. The molecule has 0 spiro atoms. The summed E-state index contributed by atoms with van der Waals surface area (Å²) in [6, 6.07) is 7.71. The summed E-state index contributed by atoms with van der Waals surface area (Å²) in [6.45, 7) is 4.54. The van der Waals surface area contributed by atoms with Crippen LogP contribution in [0.3, 0.4) is 0 Å². The number of rotatable bonds is 4. The number of nitrogens with one attached hydrogen (secondary N) is 1. The van der Waals surface area contributed by atoms with Crippen molar-refractivity contribution in [3.05, 3.63) is 65.0 Å². The SMILES string of the molecule is CCS(=O)(=O)Nc1ccc(F)c(Cl)c1.Nc1ccc(F)c(Cl)c1.[CH2+]CS(=O)(=O)Cl. The summed E-state index contributed by atoms with van der Waals surface area (Å²) >= 11 is 10.8. The van der Waals surface area contributed by atoms with Gasteiger partial charge in [0.1, 0.15) is 11.6 Å². The molecule has 2 aromatic carbocycles. The van der Waals surface area contributed by atoms with Crippen molar-refractivity contribution < 1.29 is 25.6 Å². The molecular weight excluding hydrogens is 493 g/mol. The Balaban J connectivity index is 0.000000448. The number of benzene rings is 2. The molecule has 13 heteroatoms. The van der Waals surface area contributed by atoms with Gasteiger partial charge in [-0.2, -0.15) is 0 Å². The predicted octanol–water partition coefficient (Wildman–Crippen LogP) is 4.69. The normalized spacial score (nSPS) is 10.8. The number of halogens is 5. The largest absolute Gasteiger partial charge is 0.399 e. The Hall–Kier alpha value is -1.46. The minimum Gasteiger partial charge on any atom is -0.399 e. The molecule has 2 rings (SSSR count). The average molecular weight is 511 g/mol. The van der Waals surface area contributed by atoms with Gasteiger partial charge in [-0.05, 0) is 43.3 Å².